The van der Waals surface area contributed by atoms with E-state index in [0.29, 0.717) is 0 Å². The van der Waals surface area contributed by atoms with Gasteiger partial charge in [0.2, 0.25) is 5.57 Å². The maximum absolute atomic E-state index is 12.5. The summed E-state index contributed by atoms with van der Waals surface area (Å²) in [6.07, 6.45) is -16.5. The first kappa shape index (κ1) is 21.1. The number of halogens is 6. The number of anilines is 1. The Kier molecular flexibility index (Phi) is 6.48. The number of aliphatic hydroxyl groups is 1. The summed E-state index contributed by atoms with van der Waals surface area (Å²) in [6, 6.07) is 7.04. The van der Waals surface area contributed by atoms with E-state index in [1.165, 1.54) is 24.3 Å². The first-order valence-corrected chi connectivity index (χ1v) is 6.56. The summed E-state index contributed by atoms with van der Waals surface area (Å²) in [5.74, 6) is -5.44. The number of methoxy groups -OCH3 is 1. The lowest BCUT2D eigenvalue weighted by atomic mass is 10.2. The first-order chi connectivity index (χ1) is 11.9. The van der Waals surface area contributed by atoms with Crippen LogP contribution in [0.25, 0.3) is 0 Å². The molecular formula is C14H11F6NO5. The van der Waals surface area contributed by atoms with E-state index in [2.05, 4.69) is 9.47 Å². The minimum Gasteiger partial charge on any atom is -0.480 e. The summed E-state index contributed by atoms with van der Waals surface area (Å²) in [6.45, 7) is 0. The molecular weight excluding hydrogens is 376 g/mol. The third kappa shape index (κ3) is 5.57. The van der Waals surface area contributed by atoms with Crippen molar-refractivity contribution in [2.45, 2.75) is 18.5 Å². The molecule has 1 aromatic carbocycles. The van der Waals surface area contributed by atoms with Gasteiger partial charge in [-0.25, -0.2) is 4.79 Å². The Morgan fingerprint density at radius 3 is 1.96 bits per heavy atom. The summed E-state index contributed by atoms with van der Waals surface area (Å²) >= 11 is 0. The highest BCUT2D eigenvalue weighted by Gasteiger charge is 2.60. The predicted octanol–water partition coefficient (Wildman–Crippen LogP) is 3.08. The van der Waals surface area contributed by atoms with E-state index in [9.17, 15) is 41.0 Å². The number of ether oxygens (including phenoxy) is 2. The number of rotatable bonds is 5. The van der Waals surface area contributed by atoms with E-state index >= 15 is 0 Å². The third-order valence-electron chi connectivity index (χ3n) is 2.69. The number of esters is 1. The van der Waals surface area contributed by atoms with Crippen LogP contribution in [-0.4, -0.2) is 42.5 Å². The number of amides is 1. The number of para-hydroxylation sites is 1. The smallest absolute Gasteiger partial charge is 0.434 e. The van der Waals surface area contributed by atoms with Crippen LogP contribution in [0.3, 0.4) is 0 Å². The lowest BCUT2D eigenvalue weighted by Crippen LogP contribution is -2.46. The molecule has 0 heterocycles. The van der Waals surface area contributed by atoms with E-state index < -0.39 is 41.9 Å². The fourth-order valence-corrected chi connectivity index (χ4v) is 1.58. The number of carbonyl (C=O) groups is 2. The highest BCUT2D eigenvalue weighted by Crippen LogP contribution is 2.36. The minimum atomic E-state index is -5.99. The molecule has 6 nitrogen and oxygen atoms in total. The molecule has 1 amide bonds. The topological polar surface area (TPSA) is 84.9 Å². The lowest BCUT2D eigenvalue weighted by Gasteiger charge is -2.23. The van der Waals surface area contributed by atoms with Crippen molar-refractivity contribution >= 4 is 17.6 Å². The molecule has 0 aliphatic rings. The molecule has 12 heteroatoms. The van der Waals surface area contributed by atoms with E-state index in [1.54, 1.807) is 6.07 Å². The number of hydrogen-bond donors (Lipinski definition) is 2. The molecule has 0 spiro atoms. The Balaban J connectivity index is 3.13. The van der Waals surface area contributed by atoms with Crippen LogP contribution < -0.4 is 5.32 Å². The van der Waals surface area contributed by atoms with E-state index in [4.69, 9.17) is 0 Å². The summed E-state index contributed by atoms with van der Waals surface area (Å²) in [5, 5.41) is 11.4. The Morgan fingerprint density at radius 1 is 1.04 bits per heavy atom. The second kappa shape index (κ2) is 7.97. The maximum Gasteiger partial charge on any atom is 0.434 e. The molecule has 1 aromatic rings. The molecule has 0 aromatic heterocycles. The summed E-state index contributed by atoms with van der Waals surface area (Å²) in [5.41, 5.74) is -1.54. The number of alkyl halides is 6. The van der Waals surface area contributed by atoms with Gasteiger partial charge in [-0.3, -0.25) is 4.79 Å². The van der Waals surface area contributed by atoms with Crippen LogP contribution in [0.1, 0.15) is 0 Å². The van der Waals surface area contributed by atoms with Crippen LogP contribution in [0.2, 0.25) is 0 Å². The molecule has 2 N–H and O–H groups in total. The molecule has 144 valence electrons. The molecule has 0 bridgehead atoms. The Hall–Kier alpha value is -2.92. The largest absolute Gasteiger partial charge is 0.480 e. The van der Waals surface area contributed by atoms with Gasteiger partial charge >= 0.3 is 18.3 Å². The molecule has 1 rings (SSSR count). The molecule has 26 heavy (non-hydrogen) atoms. The van der Waals surface area contributed by atoms with Gasteiger partial charge in [-0.05, 0) is 12.1 Å². The van der Waals surface area contributed by atoms with Crippen LogP contribution in [0.5, 0.6) is 0 Å². The van der Waals surface area contributed by atoms with Gasteiger partial charge in [0.25, 0.3) is 18.0 Å². The monoisotopic (exact) mass is 387 g/mol. The lowest BCUT2D eigenvalue weighted by molar-refractivity contribution is -0.312. The molecule has 0 aliphatic carbocycles. The van der Waals surface area contributed by atoms with Crippen molar-refractivity contribution in [3.05, 3.63) is 41.9 Å². The van der Waals surface area contributed by atoms with Crippen LogP contribution in [0.4, 0.5) is 32.0 Å². The van der Waals surface area contributed by atoms with Crippen LogP contribution in [-0.2, 0) is 19.1 Å². The standard InChI is InChI=1S/C14H11F6NO5/c1-25-10(23)8(9(22)21-7-5-3-2-4-6-7)11(24)26-12(13(15,16)17)14(18,19)20/h2-6,12,23H,1H3,(H,21,22)/b10-8+. The molecule has 0 fully saturated rings. The predicted molar refractivity (Wildman–Crippen MR) is 73.7 cm³/mol. The summed E-state index contributed by atoms with van der Waals surface area (Å²) in [7, 11) is 0.726. The Labute approximate surface area is 142 Å². The van der Waals surface area contributed by atoms with Gasteiger partial charge in [0.05, 0.1) is 7.11 Å². The Morgan fingerprint density at radius 2 is 1.54 bits per heavy atom. The van der Waals surface area contributed by atoms with Crippen molar-refractivity contribution in [2.75, 3.05) is 12.4 Å². The number of aliphatic hydroxyl groups excluding tert-OH is 1. The second-order valence-corrected chi connectivity index (χ2v) is 4.57. The summed E-state index contributed by atoms with van der Waals surface area (Å²) < 4.78 is 82.3. The quantitative estimate of drug-likeness (QED) is 0.203. The molecule has 0 atom stereocenters. The van der Waals surface area contributed by atoms with Gasteiger partial charge in [0.1, 0.15) is 0 Å². The highest BCUT2D eigenvalue weighted by molar-refractivity contribution is 6.21. The maximum atomic E-state index is 12.5. The first-order valence-electron chi connectivity index (χ1n) is 6.56. The molecule has 0 radical (unpaired) electrons. The van der Waals surface area contributed by atoms with Gasteiger partial charge in [0.15, 0.2) is 0 Å². The normalized spacial score (nSPS) is 13.1. The van der Waals surface area contributed by atoms with Gasteiger partial charge < -0.3 is 19.9 Å². The molecule has 0 aliphatic heterocycles. The van der Waals surface area contributed by atoms with E-state index in [-0.39, 0.29) is 5.69 Å². The van der Waals surface area contributed by atoms with Crippen molar-refractivity contribution in [2.24, 2.45) is 0 Å². The van der Waals surface area contributed by atoms with Crippen molar-refractivity contribution < 1.29 is 50.5 Å². The van der Waals surface area contributed by atoms with Crippen molar-refractivity contribution in [3.63, 3.8) is 0 Å². The zero-order valence-electron chi connectivity index (χ0n) is 12.8. The zero-order valence-corrected chi connectivity index (χ0v) is 12.8. The van der Waals surface area contributed by atoms with Gasteiger partial charge in [-0.1, -0.05) is 18.2 Å². The third-order valence-corrected chi connectivity index (χ3v) is 2.69. The number of nitrogens with one attached hydrogen (secondary N) is 1. The molecule has 0 unspecified atom stereocenters. The average molecular weight is 387 g/mol. The highest BCUT2D eigenvalue weighted by atomic mass is 19.4. The van der Waals surface area contributed by atoms with Crippen molar-refractivity contribution in [1.82, 2.24) is 0 Å². The molecule has 0 saturated carbocycles. The van der Waals surface area contributed by atoms with Gasteiger partial charge in [0, 0.05) is 5.69 Å². The number of hydrogen-bond acceptors (Lipinski definition) is 5. The molecule has 0 saturated heterocycles. The fourth-order valence-electron chi connectivity index (χ4n) is 1.58. The van der Waals surface area contributed by atoms with Crippen LogP contribution >= 0.6 is 0 Å². The van der Waals surface area contributed by atoms with Gasteiger partial charge in [-0.2, -0.15) is 26.3 Å². The van der Waals surface area contributed by atoms with E-state index in [1.807, 2.05) is 5.32 Å². The second-order valence-electron chi connectivity index (χ2n) is 4.57. The number of benzene rings is 1. The minimum absolute atomic E-state index is 0.0369. The SMILES string of the molecule is CO/C(O)=C(\C(=O)Nc1ccccc1)C(=O)OC(C(F)(F)F)C(F)(F)F. The van der Waals surface area contributed by atoms with E-state index in [0.717, 1.165) is 7.11 Å². The van der Waals surface area contributed by atoms with Crippen LogP contribution in [0.15, 0.2) is 41.9 Å². The van der Waals surface area contributed by atoms with Gasteiger partial charge in [-0.15, -0.1) is 0 Å². The zero-order chi connectivity index (χ0) is 20.1. The average Bonchev–Trinajstić information content (AvgIpc) is 2.51. The van der Waals surface area contributed by atoms with Crippen molar-refractivity contribution in [3.8, 4) is 0 Å². The summed E-state index contributed by atoms with van der Waals surface area (Å²) in [4.78, 5) is 23.7. The number of carbonyl (C=O) groups excluding carboxylic acids is 2. The fraction of sp³-hybridized carbons (Fsp3) is 0.286. The Bertz CT molecular complexity index is 669. The van der Waals surface area contributed by atoms with Crippen LogP contribution in [0, 0.1) is 0 Å². The van der Waals surface area contributed by atoms with Crippen molar-refractivity contribution in [1.29, 1.82) is 0 Å².